The minimum atomic E-state index is 0.670. The van der Waals surface area contributed by atoms with Crippen LogP contribution < -0.4 is 5.32 Å². The molecule has 0 aromatic heterocycles. The predicted octanol–water partition coefficient (Wildman–Crippen LogP) is 3.13. The first-order valence-electron chi connectivity index (χ1n) is 5.57. The molecule has 0 radical (unpaired) electrons. The monoisotopic (exact) mass is 223 g/mol. The van der Waals surface area contributed by atoms with E-state index in [1.807, 2.05) is 18.8 Å². The lowest BCUT2D eigenvalue weighted by molar-refractivity contribution is 0.578. The highest BCUT2D eigenvalue weighted by Crippen LogP contribution is 2.21. The maximum atomic E-state index is 3.29. The highest BCUT2D eigenvalue weighted by atomic mass is 32.2. The van der Waals surface area contributed by atoms with Crippen LogP contribution in [0.1, 0.15) is 24.3 Å². The molecule has 1 aromatic rings. The Morgan fingerprint density at radius 2 is 2.00 bits per heavy atom. The highest BCUT2D eigenvalue weighted by Gasteiger charge is 2.09. The second-order valence-electron chi connectivity index (χ2n) is 3.80. The van der Waals surface area contributed by atoms with Gasteiger partial charge in [-0.2, -0.15) is 11.8 Å². The van der Waals surface area contributed by atoms with Crippen molar-refractivity contribution < 1.29 is 0 Å². The van der Waals surface area contributed by atoms with Gasteiger partial charge >= 0.3 is 0 Å². The molecule has 0 bridgehead atoms. The molecule has 1 rings (SSSR count). The van der Waals surface area contributed by atoms with E-state index in [0.717, 1.165) is 6.54 Å². The fraction of sp³-hybridized carbons (Fsp3) is 0.538. The summed E-state index contributed by atoms with van der Waals surface area (Å²) >= 11 is 1.94. The molecule has 0 spiro atoms. The topological polar surface area (TPSA) is 12.0 Å². The van der Waals surface area contributed by atoms with Crippen molar-refractivity contribution in [1.29, 1.82) is 0 Å². The molecule has 0 aliphatic carbocycles. The van der Waals surface area contributed by atoms with Gasteiger partial charge in [0.1, 0.15) is 0 Å². The van der Waals surface area contributed by atoms with Crippen molar-refractivity contribution in [3.05, 3.63) is 35.9 Å². The van der Waals surface area contributed by atoms with E-state index in [2.05, 4.69) is 41.9 Å². The zero-order chi connectivity index (χ0) is 10.9. The summed E-state index contributed by atoms with van der Waals surface area (Å²) in [5.41, 5.74) is 1.47. The van der Waals surface area contributed by atoms with Gasteiger partial charge in [0, 0.05) is 6.54 Å². The van der Waals surface area contributed by atoms with Gasteiger partial charge in [0.25, 0.3) is 0 Å². The van der Waals surface area contributed by atoms with Crippen LogP contribution in [0.2, 0.25) is 0 Å². The van der Waals surface area contributed by atoms with E-state index in [1.54, 1.807) is 0 Å². The molecule has 1 aromatic carbocycles. The molecule has 0 saturated heterocycles. The number of rotatable bonds is 7. The molecule has 1 atom stereocenters. The number of benzene rings is 1. The van der Waals surface area contributed by atoms with Gasteiger partial charge in [0.05, 0.1) is 0 Å². The Morgan fingerprint density at radius 3 is 2.60 bits per heavy atom. The van der Waals surface area contributed by atoms with Crippen LogP contribution in [-0.2, 0) is 0 Å². The third kappa shape index (κ3) is 4.72. The van der Waals surface area contributed by atoms with Gasteiger partial charge in [-0.25, -0.2) is 0 Å². The van der Waals surface area contributed by atoms with Crippen LogP contribution in [0.4, 0.5) is 0 Å². The predicted molar refractivity (Wildman–Crippen MR) is 70.7 cm³/mol. The van der Waals surface area contributed by atoms with E-state index in [-0.39, 0.29) is 0 Å². The molecule has 0 amide bonds. The van der Waals surface area contributed by atoms with E-state index in [4.69, 9.17) is 0 Å². The van der Waals surface area contributed by atoms with E-state index in [1.165, 1.54) is 24.2 Å². The van der Waals surface area contributed by atoms with Crippen molar-refractivity contribution in [1.82, 2.24) is 5.32 Å². The Kier molecular flexibility index (Phi) is 6.53. The first-order valence-corrected chi connectivity index (χ1v) is 6.96. The van der Waals surface area contributed by atoms with E-state index in [9.17, 15) is 0 Å². The van der Waals surface area contributed by atoms with Crippen LogP contribution >= 0.6 is 11.8 Å². The standard InChI is InChI=1S/C13H21NS/c1-14-11-13(9-6-10-15-2)12-7-4-3-5-8-12/h3-5,7-8,13-14H,6,9-11H2,1-2H3. The van der Waals surface area contributed by atoms with Gasteiger partial charge < -0.3 is 5.32 Å². The molecule has 0 aliphatic rings. The molecular weight excluding hydrogens is 202 g/mol. The van der Waals surface area contributed by atoms with Gasteiger partial charge in [-0.1, -0.05) is 30.3 Å². The SMILES string of the molecule is CNCC(CCCSC)c1ccccc1. The van der Waals surface area contributed by atoms with Crippen molar-refractivity contribution in [3.8, 4) is 0 Å². The molecule has 1 unspecified atom stereocenters. The van der Waals surface area contributed by atoms with Gasteiger partial charge in [-0.3, -0.25) is 0 Å². The molecule has 84 valence electrons. The van der Waals surface area contributed by atoms with Crippen LogP contribution in [0.5, 0.6) is 0 Å². The van der Waals surface area contributed by atoms with Crippen LogP contribution in [0.3, 0.4) is 0 Å². The van der Waals surface area contributed by atoms with Crippen LogP contribution in [0.15, 0.2) is 30.3 Å². The average molecular weight is 223 g/mol. The highest BCUT2D eigenvalue weighted by molar-refractivity contribution is 7.98. The van der Waals surface area contributed by atoms with Crippen molar-refractivity contribution in [3.63, 3.8) is 0 Å². The largest absolute Gasteiger partial charge is 0.319 e. The van der Waals surface area contributed by atoms with Crippen LogP contribution in [0.25, 0.3) is 0 Å². The van der Waals surface area contributed by atoms with Crippen molar-refractivity contribution >= 4 is 11.8 Å². The third-order valence-corrected chi connectivity index (χ3v) is 3.32. The van der Waals surface area contributed by atoms with Crippen molar-refractivity contribution in [2.75, 3.05) is 25.6 Å². The summed E-state index contributed by atoms with van der Waals surface area (Å²) in [6, 6.07) is 10.8. The summed E-state index contributed by atoms with van der Waals surface area (Å²) in [4.78, 5) is 0. The summed E-state index contributed by atoms with van der Waals surface area (Å²) in [6.45, 7) is 1.08. The summed E-state index contributed by atoms with van der Waals surface area (Å²) < 4.78 is 0. The Bertz CT molecular complexity index is 248. The Labute approximate surface area is 97.7 Å². The fourth-order valence-electron chi connectivity index (χ4n) is 1.83. The maximum absolute atomic E-state index is 3.29. The Morgan fingerprint density at radius 1 is 1.27 bits per heavy atom. The molecule has 0 saturated carbocycles. The lowest BCUT2D eigenvalue weighted by atomic mass is 9.94. The van der Waals surface area contributed by atoms with E-state index < -0.39 is 0 Å². The van der Waals surface area contributed by atoms with E-state index >= 15 is 0 Å². The number of thioether (sulfide) groups is 1. The van der Waals surface area contributed by atoms with E-state index in [0.29, 0.717) is 5.92 Å². The zero-order valence-corrected chi connectivity index (χ0v) is 10.5. The van der Waals surface area contributed by atoms with Crippen molar-refractivity contribution in [2.24, 2.45) is 0 Å². The molecule has 2 heteroatoms. The lowest BCUT2D eigenvalue weighted by Gasteiger charge is -2.16. The lowest BCUT2D eigenvalue weighted by Crippen LogP contribution is -2.17. The molecule has 0 aliphatic heterocycles. The molecule has 0 fully saturated rings. The first kappa shape index (κ1) is 12.6. The molecular formula is C13H21NS. The number of nitrogens with one attached hydrogen (secondary N) is 1. The molecule has 0 heterocycles. The normalized spacial score (nSPS) is 12.7. The zero-order valence-electron chi connectivity index (χ0n) is 9.70. The van der Waals surface area contributed by atoms with Crippen LogP contribution in [0, 0.1) is 0 Å². The van der Waals surface area contributed by atoms with Crippen molar-refractivity contribution in [2.45, 2.75) is 18.8 Å². The summed E-state index contributed by atoms with van der Waals surface area (Å²) in [6.07, 6.45) is 4.77. The van der Waals surface area contributed by atoms with Gasteiger partial charge in [0.15, 0.2) is 0 Å². The quantitative estimate of drug-likeness (QED) is 0.713. The average Bonchev–Trinajstić information content (AvgIpc) is 2.29. The van der Waals surface area contributed by atoms with Gasteiger partial charge in [-0.15, -0.1) is 0 Å². The Hall–Kier alpha value is -0.470. The smallest absolute Gasteiger partial charge is 0.00171 e. The molecule has 15 heavy (non-hydrogen) atoms. The second kappa shape index (κ2) is 7.77. The summed E-state index contributed by atoms with van der Waals surface area (Å²) in [5.74, 6) is 1.94. The summed E-state index contributed by atoms with van der Waals surface area (Å²) in [7, 11) is 2.03. The second-order valence-corrected chi connectivity index (χ2v) is 4.79. The Balaban J connectivity index is 2.50. The molecule has 1 nitrogen and oxygen atoms in total. The maximum Gasteiger partial charge on any atom is 0.00171 e. The van der Waals surface area contributed by atoms with Crippen LogP contribution in [-0.4, -0.2) is 25.6 Å². The summed E-state index contributed by atoms with van der Waals surface area (Å²) in [5, 5.41) is 3.29. The molecule has 1 N–H and O–H groups in total. The minimum Gasteiger partial charge on any atom is -0.319 e. The fourth-order valence-corrected chi connectivity index (χ4v) is 2.29. The number of hydrogen-bond acceptors (Lipinski definition) is 2. The number of hydrogen-bond donors (Lipinski definition) is 1. The third-order valence-electron chi connectivity index (χ3n) is 2.62. The first-order chi connectivity index (χ1) is 7.38. The van der Waals surface area contributed by atoms with Gasteiger partial charge in [-0.05, 0) is 43.4 Å². The van der Waals surface area contributed by atoms with Gasteiger partial charge in [0.2, 0.25) is 0 Å². The number of likely N-dealkylation sites (N-methyl/N-ethyl adjacent to an activating group) is 1. The minimum absolute atomic E-state index is 0.670.